The first-order chi connectivity index (χ1) is 14.5. The predicted octanol–water partition coefficient (Wildman–Crippen LogP) is 4.66. The number of pyridine rings is 1. The second-order valence-electron chi connectivity index (χ2n) is 8.63. The topological polar surface area (TPSA) is 36.4 Å². The number of Topliss-reactive ketones (excluding diaryl/α,β-unsaturated/α-hetero) is 1. The number of hydrogen-bond donors (Lipinski definition) is 0. The zero-order chi connectivity index (χ0) is 20.9. The van der Waals surface area contributed by atoms with Crippen molar-refractivity contribution in [1.29, 1.82) is 0 Å². The molecule has 2 aromatic rings. The van der Waals surface area contributed by atoms with E-state index in [9.17, 15) is 4.79 Å². The van der Waals surface area contributed by atoms with Crippen LogP contribution in [0.5, 0.6) is 0 Å². The lowest BCUT2D eigenvalue weighted by Crippen LogP contribution is -2.46. The second kappa shape index (κ2) is 10.2. The van der Waals surface area contributed by atoms with Crippen LogP contribution < -0.4 is 0 Å². The number of benzene rings is 1. The van der Waals surface area contributed by atoms with Gasteiger partial charge in [-0.1, -0.05) is 35.3 Å². The van der Waals surface area contributed by atoms with Crippen molar-refractivity contribution < 1.29 is 4.79 Å². The van der Waals surface area contributed by atoms with Crippen molar-refractivity contribution in [2.45, 2.75) is 38.6 Å². The molecule has 1 saturated carbocycles. The van der Waals surface area contributed by atoms with E-state index in [0.29, 0.717) is 29.3 Å². The first kappa shape index (κ1) is 21.8. The SMILES string of the molecule is O=C(CCc1ccc(CN2CCN(CC3CC3)CC2)nc1)Cc1ccc(Cl)cc1Cl. The highest BCUT2D eigenvalue weighted by molar-refractivity contribution is 6.35. The maximum Gasteiger partial charge on any atom is 0.137 e. The predicted molar refractivity (Wildman–Crippen MR) is 122 cm³/mol. The van der Waals surface area contributed by atoms with Gasteiger partial charge in [-0.15, -0.1) is 0 Å². The van der Waals surface area contributed by atoms with E-state index >= 15 is 0 Å². The monoisotopic (exact) mass is 445 g/mol. The van der Waals surface area contributed by atoms with Crippen LogP contribution in [0.4, 0.5) is 0 Å². The van der Waals surface area contributed by atoms with Crippen molar-refractivity contribution in [1.82, 2.24) is 14.8 Å². The van der Waals surface area contributed by atoms with Crippen LogP contribution in [-0.4, -0.2) is 53.3 Å². The molecule has 4 rings (SSSR count). The highest BCUT2D eigenvalue weighted by Gasteiger charge is 2.26. The summed E-state index contributed by atoms with van der Waals surface area (Å²) in [5.41, 5.74) is 3.04. The first-order valence-electron chi connectivity index (χ1n) is 10.9. The van der Waals surface area contributed by atoms with Crippen molar-refractivity contribution in [3.8, 4) is 0 Å². The highest BCUT2D eigenvalue weighted by Crippen LogP contribution is 2.30. The Hall–Kier alpha value is -1.46. The number of aryl methyl sites for hydroxylation is 1. The van der Waals surface area contributed by atoms with Crippen molar-refractivity contribution >= 4 is 29.0 Å². The Balaban J connectivity index is 1.19. The lowest BCUT2D eigenvalue weighted by molar-refractivity contribution is -0.118. The van der Waals surface area contributed by atoms with Crippen LogP contribution in [0.2, 0.25) is 10.0 Å². The number of rotatable bonds is 9. The molecule has 160 valence electrons. The summed E-state index contributed by atoms with van der Waals surface area (Å²) >= 11 is 12.1. The smallest absolute Gasteiger partial charge is 0.137 e. The van der Waals surface area contributed by atoms with E-state index in [1.54, 1.807) is 12.1 Å². The van der Waals surface area contributed by atoms with E-state index in [0.717, 1.165) is 42.4 Å². The van der Waals surface area contributed by atoms with Gasteiger partial charge in [0.2, 0.25) is 0 Å². The molecular formula is C24H29Cl2N3O. The molecule has 2 fully saturated rings. The number of hydrogen-bond acceptors (Lipinski definition) is 4. The largest absolute Gasteiger partial charge is 0.301 e. The summed E-state index contributed by atoms with van der Waals surface area (Å²) in [7, 11) is 0. The maximum absolute atomic E-state index is 12.3. The van der Waals surface area contributed by atoms with Gasteiger partial charge in [0.25, 0.3) is 0 Å². The van der Waals surface area contributed by atoms with Gasteiger partial charge in [0.1, 0.15) is 5.78 Å². The summed E-state index contributed by atoms with van der Waals surface area (Å²) in [6.45, 7) is 6.80. The quantitative estimate of drug-likeness (QED) is 0.562. The van der Waals surface area contributed by atoms with Crippen LogP contribution in [0.3, 0.4) is 0 Å². The average Bonchev–Trinajstić information content (AvgIpc) is 3.55. The van der Waals surface area contributed by atoms with Crippen molar-refractivity contribution in [2.24, 2.45) is 5.92 Å². The van der Waals surface area contributed by atoms with Gasteiger partial charge in [0, 0.05) is 68.4 Å². The zero-order valence-electron chi connectivity index (χ0n) is 17.3. The number of carbonyl (C=O) groups excluding carboxylic acids is 1. The Bertz CT molecular complexity index is 859. The maximum atomic E-state index is 12.3. The molecule has 0 unspecified atom stereocenters. The lowest BCUT2D eigenvalue weighted by atomic mass is 10.0. The van der Waals surface area contributed by atoms with Gasteiger partial charge in [-0.3, -0.25) is 14.7 Å². The van der Waals surface area contributed by atoms with Gasteiger partial charge in [-0.2, -0.15) is 0 Å². The normalized spacial score (nSPS) is 17.9. The van der Waals surface area contributed by atoms with Gasteiger partial charge in [-0.25, -0.2) is 0 Å². The molecule has 0 bridgehead atoms. The van der Waals surface area contributed by atoms with Gasteiger partial charge in [-0.05, 0) is 54.5 Å². The molecule has 1 aromatic carbocycles. The number of piperazine rings is 1. The van der Waals surface area contributed by atoms with Crippen molar-refractivity contribution in [3.05, 3.63) is 63.4 Å². The summed E-state index contributed by atoms with van der Waals surface area (Å²) in [5.74, 6) is 1.15. The fraction of sp³-hybridized carbons (Fsp3) is 0.500. The van der Waals surface area contributed by atoms with Gasteiger partial charge in [0.05, 0.1) is 5.69 Å². The van der Waals surface area contributed by atoms with Crippen LogP contribution in [0.25, 0.3) is 0 Å². The Morgan fingerprint density at radius 3 is 2.47 bits per heavy atom. The van der Waals surface area contributed by atoms with Crippen LogP contribution >= 0.6 is 23.2 Å². The second-order valence-corrected chi connectivity index (χ2v) is 9.47. The molecule has 1 aliphatic heterocycles. The molecule has 1 aromatic heterocycles. The molecule has 1 saturated heterocycles. The molecule has 1 aliphatic carbocycles. The third kappa shape index (κ3) is 6.52. The van der Waals surface area contributed by atoms with Crippen LogP contribution in [0, 0.1) is 5.92 Å². The van der Waals surface area contributed by atoms with Gasteiger partial charge >= 0.3 is 0 Å². The van der Waals surface area contributed by atoms with Gasteiger partial charge in [0.15, 0.2) is 0 Å². The Morgan fingerprint density at radius 1 is 1.03 bits per heavy atom. The van der Waals surface area contributed by atoms with E-state index < -0.39 is 0 Å². The minimum atomic E-state index is 0.173. The minimum absolute atomic E-state index is 0.173. The first-order valence-corrected chi connectivity index (χ1v) is 11.6. The fourth-order valence-electron chi connectivity index (χ4n) is 3.97. The molecule has 2 heterocycles. The molecule has 4 nitrogen and oxygen atoms in total. The third-order valence-corrected chi connectivity index (χ3v) is 6.63. The van der Waals surface area contributed by atoms with E-state index in [1.807, 2.05) is 12.3 Å². The number of ketones is 1. The molecule has 0 spiro atoms. The minimum Gasteiger partial charge on any atom is -0.301 e. The number of carbonyl (C=O) groups is 1. The van der Waals surface area contributed by atoms with Crippen LogP contribution in [-0.2, 0) is 24.2 Å². The number of halogens is 2. The molecule has 0 radical (unpaired) electrons. The number of aromatic nitrogens is 1. The van der Waals surface area contributed by atoms with E-state index in [-0.39, 0.29) is 5.78 Å². The highest BCUT2D eigenvalue weighted by atomic mass is 35.5. The number of nitrogens with zero attached hydrogens (tertiary/aromatic N) is 3. The molecular weight excluding hydrogens is 417 g/mol. The Morgan fingerprint density at radius 2 is 1.80 bits per heavy atom. The average molecular weight is 446 g/mol. The molecule has 0 atom stereocenters. The molecule has 0 N–H and O–H groups in total. The molecule has 0 amide bonds. The van der Waals surface area contributed by atoms with Crippen LogP contribution in [0.1, 0.15) is 36.1 Å². The summed E-state index contributed by atoms with van der Waals surface area (Å²) in [4.78, 5) is 22.1. The fourth-order valence-corrected chi connectivity index (χ4v) is 4.45. The van der Waals surface area contributed by atoms with E-state index in [4.69, 9.17) is 23.2 Å². The Labute approximate surface area is 189 Å². The molecule has 2 aliphatic rings. The lowest BCUT2D eigenvalue weighted by Gasteiger charge is -2.34. The van der Waals surface area contributed by atoms with Crippen LogP contribution in [0.15, 0.2) is 36.5 Å². The third-order valence-electron chi connectivity index (χ3n) is 6.05. The summed E-state index contributed by atoms with van der Waals surface area (Å²) in [6.07, 6.45) is 6.31. The summed E-state index contributed by atoms with van der Waals surface area (Å²) in [6, 6.07) is 9.48. The zero-order valence-corrected chi connectivity index (χ0v) is 18.8. The van der Waals surface area contributed by atoms with E-state index in [1.165, 1.54) is 32.5 Å². The standard InChI is InChI=1S/C24H29Cl2N3O/c25-21-6-5-20(24(26)14-21)13-23(30)8-4-18-3-7-22(27-15-18)17-29-11-9-28(10-12-29)16-19-1-2-19/h3,5-7,14-15,19H,1-2,4,8-13,16-17H2. The molecule has 30 heavy (non-hydrogen) atoms. The molecule has 6 heteroatoms. The van der Waals surface area contributed by atoms with Crippen molar-refractivity contribution in [3.63, 3.8) is 0 Å². The van der Waals surface area contributed by atoms with E-state index in [2.05, 4.69) is 26.9 Å². The van der Waals surface area contributed by atoms with Crippen molar-refractivity contribution in [2.75, 3.05) is 32.7 Å². The summed E-state index contributed by atoms with van der Waals surface area (Å²) < 4.78 is 0. The summed E-state index contributed by atoms with van der Waals surface area (Å²) in [5, 5.41) is 1.14. The Kier molecular flexibility index (Phi) is 7.42. The van der Waals surface area contributed by atoms with Gasteiger partial charge < -0.3 is 4.90 Å².